The summed E-state index contributed by atoms with van der Waals surface area (Å²) in [6.45, 7) is 4.14. The van der Waals surface area contributed by atoms with Crippen molar-refractivity contribution in [2.24, 2.45) is 5.92 Å². The summed E-state index contributed by atoms with van der Waals surface area (Å²) in [5.41, 5.74) is 2.12. The van der Waals surface area contributed by atoms with Gasteiger partial charge in [-0.15, -0.1) is 11.3 Å². The molecule has 7 heteroatoms. The van der Waals surface area contributed by atoms with Crippen molar-refractivity contribution in [3.63, 3.8) is 0 Å². The predicted octanol–water partition coefficient (Wildman–Crippen LogP) is 4.27. The highest BCUT2D eigenvalue weighted by Crippen LogP contribution is 2.24. The Hall–Kier alpha value is -2.67. The molecule has 1 aliphatic heterocycles. The lowest BCUT2D eigenvalue weighted by molar-refractivity contribution is 0.161. The van der Waals surface area contributed by atoms with Gasteiger partial charge in [0, 0.05) is 30.0 Å². The van der Waals surface area contributed by atoms with Crippen LogP contribution < -0.4 is 5.32 Å². The van der Waals surface area contributed by atoms with Crippen molar-refractivity contribution in [1.82, 2.24) is 20.4 Å². The van der Waals surface area contributed by atoms with E-state index in [1.165, 1.54) is 0 Å². The van der Waals surface area contributed by atoms with Gasteiger partial charge in [-0.05, 0) is 42.7 Å². The van der Waals surface area contributed by atoms with E-state index in [0.29, 0.717) is 30.6 Å². The van der Waals surface area contributed by atoms with Crippen molar-refractivity contribution in [1.29, 1.82) is 0 Å². The van der Waals surface area contributed by atoms with E-state index in [-0.39, 0.29) is 6.03 Å². The number of benzene rings is 1. The van der Waals surface area contributed by atoms with Crippen LogP contribution in [0.3, 0.4) is 0 Å². The minimum Gasteiger partial charge on any atom is -0.339 e. The van der Waals surface area contributed by atoms with E-state index in [2.05, 4.69) is 15.5 Å². The Morgan fingerprint density at radius 3 is 3.04 bits per heavy atom. The van der Waals surface area contributed by atoms with Crippen LogP contribution in [-0.4, -0.2) is 34.2 Å². The van der Waals surface area contributed by atoms with E-state index < -0.39 is 0 Å². The molecule has 28 heavy (non-hydrogen) atoms. The lowest BCUT2D eigenvalue weighted by Crippen LogP contribution is -2.45. The maximum Gasteiger partial charge on any atom is 0.317 e. The molecule has 1 fully saturated rings. The second-order valence-electron chi connectivity index (χ2n) is 7.22. The van der Waals surface area contributed by atoms with Crippen molar-refractivity contribution in [2.75, 3.05) is 13.1 Å². The number of urea groups is 1. The smallest absolute Gasteiger partial charge is 0.317 e. The number of nitrogens with one attached hydrogen (secondary N) is 1. The molecule has 0 saturated carbocycles. The van der Waals surface area contributed by atoms with Crippen molar-refractivity contribution in [3.05, 3.63) is 58.1 Å². The summed E-state index contributed by atoms with van der Waals surface area (Å²) >= 11 is 1.65. The molecule has 1 N–H and O–H groups in total. The number of piperidine rings is 1. The summed E-state index contributed by atoms with van der Waals surface area (Å²) in [7, 11) is 0. The molecule has 3 heterocycles. The lowest BCUT2D eigenvalue weighted by atomic mass is 9.95. The minimum atomic E-state index is 0.00392. The number of carbonyl (C=O) groups excluding carboxylic acids is 1. The molecule has 2 amide bonds. The van der Waals surface area contributed by atoms with E-state index in [0.717, 1.165) is 41.9 Å². The van der Waals surface area contributed by atoms with Crippen LogP contribution in [0.25, 0.3) is 11.4 Å². The topological polar surface area (TPSA) is 71.3 Å². The summed E-state index contributed by atoms with van der Waals surface area (Å²) in [5, 5.41) is 9.19. The second kappa shape index (κ2) is 8.56. The van der Waals surface area contributed by atoms with Crippen LogP contribution in [0.5, 0.6) is 0 Å². The molecular formula is C21H24N4O2S. The zero-order valence-electron chi connectivity index (χ0n) is 15.9. The maximum absolute atomic E-state index is 12.5. The Balaban J connectivity index is 1.34. The molecule has 0 bridgehead atoms. The monoisotopic (exact) mass is 396 g/mol. The molecule has 1 saturated heterocycles. The summed E-state index contributed by atoms with van der Waals surface area (Å²) in [4.78, 5) is 20.1. The van der Waals surface area contributed by atoms with E-state index in [1.807, 2.05) is 53.6 Å². The fraction of sp³-hybridized carbons (Fsp3) is 0.381. The molecule has 2 aromatic heterocycles. The van der Waals surface area contributed by atoms with Gasteiger partial charge in [0.05, 0.1) is 6.54 Å². The van der Waals surface area contributed by atoms with Gasteiger partial charge < -0.3 is 14.7 Å². The van der Waals surface area contributed by atoms with E-state index in [1.54, 1.807) is 11.3 Å². The largest absolute Gasteiger partial charge is 0.339 e. The fourth-order valence-corrected chi connectivity index (χ4v) is 4.27. The Kier molecular flexibility index (Phi) is 5.71. The maximum atomic E-state index is 12.5. The number of aryl methyl sites for hydroxylation is 1. The Labute approximate surface area is 168 Å². The van der Waals surface area contributed by atoms with Crippen molar-refractivity contribution in [3.8, 4) is 11.4 Å². The molecule has 0 aliphatic carbocycles. The summed E-state index contributed by atoms with van der Waals surface area (Å²) in [6, 6.07) is 12.1. The molecule has 3 aromatic rings. The Morgan fingerprint density at radius 1 is 1.32 bits per heavy atom. The number of thiophene rings is 1. The first-order valence-corrected chi connectivity index (χ1v) is 10.5. The van der Waals surface area contributed by atoms with Crippen molar-refractivity contribution < 1.29 is 9.32 Å². The van der Waals surface area contributed by atoms with Crippen LogP contribution in [0.1, 0.15) is 29.2 Å². The third kappa shape index (κ3) is 4.42. The first-order chi connectivity index (χ1) is 13.7. The summed E-state index contributed by atoms with van der Waals surface area (Å²) < 4.78 is 5.49. The van der Waals surface area contributed by atoms with Crippen LogP contribution >= 0.6 is 11.3 Å². The molecule has 1 aliphatic rings. The van der Waals surface area contributed by atoms with Gasteiger partial charge >= 0.3 is 6.03 Å². The van der Waals surface area contributed by atoms with Gasteiger partial charge in [0.15, 0.2) is 0 Å². The molecule has 1 atom stereocenters. The highest BCUT2D eigenvalue weighted by molar-refractivity contribution is 7.09. The lowest BCUT2D eigenvalue weighted by Gasteiger charge is -2.32. The number of likely N-dealkylation sites (tertiary alicyclic amines) is 1. The number of amides is 2. The fourth-order valence-electron chi connectivity index (χ4n) is 3.62. The SMILES string of the molecule is Cc1ccccc1-c1noc(CC2CCCN(C(=O)NCc3cccs3)C2)n1. The van der Waals surface area contributed by atoms with Gasteiger partial charge in [-0.2, -0.15) is 4.98 Å². The van der Waals surface area contributed by atoms with Crippen LogP contribution in [-0.2, 0) is 13.0 Å². The number of nitrogens with zero attached hydrogens (tertiary/aromatic N) is 3. The highest BCUT2D eigenvalue weighted by Gasteiger charge is 2.25. The minimum absolute atomic E-state index is 0.00392. The number of rotatable bonds is 5. The van der Waals surface area contributed by atoms with Gasteiger partial charge in [0.25, 0.3) is 0 Å². The first kappa shape index (κ1) is 18.7. The third-order valence-electron chi connectivity index (χ3n) is 5.12. The first-order valence-electron chi connectivity index (χ1n) is 9.63. The number of aromatic nitrogens is 2. The highest BCUT2D eigenvalue weighted by atomic mass is 32.1. The van der Waals surface area contributed by atoms with E-state index in [9.17, 15) is 4.79 Å². The van der Waals surface area contributed by atoms with Crippen molar-refractivity contribution >= 4 is 17.4 Å². The zero-order chi connectivity index (χ0) is 19.3. The molecular weight excluding hydrogens is 372 g/mol. The number of hydrogen-bond acceptors (Lipinski definition) is 5. The normalized spacial score (nSPS) is 16.9. The molecule has 1 unspecified atom stereocenters. The number of hydrogen-bond donors (Lipinski definition) is 1. The Morgan fingerprint density at radius 2 is 2.21 bits per heavy atom. The van der Waals surface area contributed by atoms with Crippen molar-refractivity contribution in [2.45, 2.75) is 32.7 Å². The van der Waals surface area contributed by atoms with E-state index in [4.69, 9.17) is 4.52 Å². The van der Waals surface area contributed by atoms with Gasteiger partial charge in [0.1, 0.15) is 0 Å². The zero-order valence-corrected chi connectivity index (χ0v) is 16.7. The van der Waals surface area contributed by atoms with Gasteiger partial charge in [-0.25, -0.2) is 4.79 Å². The Bertz CT molecular complexity index is 922. The van der Waals surface area contributed by atoms with Gasteiger partial charge in [-0.3, -0.25) is 0 Å². The summed E-state index contributed by atoms with van der Waals surface area (Å²) in [5.74, 6) is 1.62. The third-order valence-corrected chi connectivity index (χ3v) is 5.99. The molecule has 4 rings (SSSR count). The van der Waals surface area contributed by atoms with Crippen LogP contribution in [0.2, 0.25) is 0 Å². The van der Waals surface area contributed by atoms with E-state index >= 15 is 0 Å². The molecule has 6 nitrogen and oxygen atoms in total. The van der Waals surface area contributed by atoms with Crippen LogP contribution in [0.4, 0.5) is 4.79 Å². The second-order valence-corrected chi connectivity index (χ2v) is 8.26. The quantitative estimate of drug-likeness (QED) is 0.699. The molecule has 146 valence electrons. The molecule has 1 aromatic carbocycles. The molecule has 0 spiro atoms. The van der Waals surface area contributed by atoms with Gasteiger partial charge in [0.2, 0.25) is 11.7 Å². The average molecular weight is 397 g/mol. The molecule has 0 radical (unpaired) electrons. The van der Waals surface area contributed by atoms with Crippen LogP contribution in [0.15, 0.2) is 46.3 Å². The summed E-state index contributed by atoms with van der Waals surface area (Å²) in [6.07, 6.45) is 2.76. The number of carbonyl (C=O) groups is 1. The van der Waals surface area contributed by atoms with Gasteiger partial charge in [-0.1, -0.05) is 35.5 Å². The predicted molar refractivity (Wildman–Crippen MR) is 109 cm³/mol. The van der Waals surface area contributed by atoms with Crippen LogP contribution in [0, 0.1) is 12.8 Å². The average Bonchev–Trinajstić information content (AvgIpc) is 3.39. The standard InChI is InChI=1S/C21H24N4O2S/c1-15-6-2-3-9-18(15)20-23-19(27-24-20)12-16-7-4-10-25(14-16)21(26)22-13-17-8-5-11-28-17/h2-3,5-6,8-9,11,16H,4,7,10,12-14H2,1H3,(H,22,26).